The molecule has 2 rings (SSSR count). The van der Waals surface area contributed by atoms with Crippen LogP contribution in [0.3, 0.4) is 0 Å². The third-order valence-corrected chi connectivity index (χ3v) is 4.42. The third kappa shape index (κ3) is 3.00. The first kappa shape index (κ1) is 13.3. The van der Waals surface area contributed by atoms with E-state index < -0.39 is 0 Å². The first-order valence-electron chi connectivity index (χ1n) is 5.60. The van der Waals surface area contributed by atoms with E-state index in [0.29, 0.717) is 0 Å². The molecule has 0 saturated heterocycles. The number of carbonyl (C=O) groups excluding carboxylic acids is 1. The predicted octanol–water partition coefficient (Wildman–Crippen LogP) is 4.27. The number of halogens is 1. The zero-order chi connectivity index (χ0) is 13.1. The molecule has 0 unspecified atom stereocenters. The summed E-state index contributed by atoms with van der Waals surface area (Å²) in [5.74, 6) is 0. The molecule has 0 atom stereocenters. The van der Waals surface area contributed by atoms with Gasteiger partial charge in [0.2, 0.25) is 0 Å². The summed E-state index contributed by atoms with van der Waals surface area (Å²) in [7, 11) is 2.01. The molecule has 0 fully saturated rings. The highest BCUT2D eigenvalue weighted by atomic mass is 79.9. The Kier molecular flexibility index (Phi) is 4.19. The molecule has 0 bridgehead atoms. The molecule has 0 radical (unpaired) electrons. The average Bonchev–Trinajstić information content (AvgIpc) is 2.74. The summed E-state index contributed by atoms with van der Waals surface area (Å²) < 4.78 is 1.11. The Morgan fingerprint density at radius 3 is 2.78 bits per heavy atom. The second kappa shape index (κ2) is 5.67. The van der Waals surface area contributed by atoms with E-state index in [0.717, 1.165) is 34.1 Å². The number of benzene rings is 1. The van der Waals surface area contributed by atoms with E-state index in [2.05, 4.69) is 32.3 Å². The molecule has 0 saturated carbocycles. The quantitative estimate of drug-likeness (QED) is 0.783. The molecule has 1 aromatic heterocycles. The van der Waals surface area contributed by atoms with Crippen LogP contribution >= 0.6 is 27.3 Å². The highest BCUT2D eigenvalue weighted by Crippen LogP contribution is 2.25. The first-order valence-corrected chi connectivity index (χ1v) is 7.27. The minimum absolute atomic E-state index is 0.744. The van der Waals surface area contributed by atoms with Crippen LogP contribution in [0, 0.1) is 6.92 Å². The van der Waals surface area contributed by atoms with Gasteiger partial charge in [0.25, 0.3) is 0 Å². The lowest BCUT2D eigenvalue weighted by atomic mass is 10.1. The monoisotopic (exact) mass is 323 g/mol. The van der Waals surface area contributed by atoms with Gasteiger partial charge in [-0.05, 0) is 41.1 Å². The molecule has 0 spiro atoms. The Morgan fingerprint density at radius 1 is 1.39 bits per heavy atom. The number of nitrogens with zero attached hydrogens (tertiary/aromatic N) is 1. The Balaban J connectivity index is 2.23. The molecule has 0 amide bonds. The normalized spacial score (nSPS) is 10.4. The lowest BCUT2D eigenvalue weighted by Crippen LogP contribution is -2.17. The summed E-state index contributed by atoms with van der Waals surface area (Å²) in [6, 6.07) is 8.06. The van der Waals surface area contributed by atoms with Gasteiger partial charge in [-0.3, -0.25) is 4.79 Å². The van der Waals surface area contributed by atoms with Crippen molar-refractivity contribution in [3.05, 3.63) is 50.1 Å². The highest BCUT2D eigenvalue weighted by Gasteiger charge is 2.09. The zero-order valence-corrected chi connectivity index (χ0v) is 12.7. The molecule has 0 aliphatic heterocycles. The third-order valence-electron chi connectivity index (χ3n) is 2.74. The molecule has 2 nitrogen and oxygen atoms in total. The molecular formula is C14H14BrNOS. The van der Waals surface area contributed by atoms with Crippen molar-refractivity contribution in [3.8, 4) is 0 Å². The number of aldehydes is 1. The van der Waals surface area contributed by atoms with Crippen molar-refractivity contribution in [3.63, 3.8) is 0 Å². The number of thiophene rings is 1. The predicted molar refractivity (Wildman–Crippen MR) is 80.7 cm³/mol. The van der Waals surface area contributed by atoms with Crippen molar-refractivity contribution in [2.75, 3.05) is 11.9 Å². The van der Waals surface area contributed by atoms with E-state index in [4.69, 9.17) is 0 Å². The Labute approximate surface area is 119 Å². The lowest BCUT2D eigenvalue weighted by molar-refractivity contribution is 0.112. The second-order valence-corrected chi connectivity index (χ2v) is 6.18. The van der Waals surface area contributed by atoms with E-state index >= 15 is 0 Å². The summed E-state index contributed by atoms with van der Waals surface area (Å²) in [5, 5.41) is 2.07. The van der Waals surface area contributed by atoms with Gasteiger partial charge in [0.1, 0.15) is 0 Å². The van der Waals surface area contributed by atoms with Gasteiger partial charge in [-0.25, -0.2) is 0 Å². The second-order valence-electron chi connectivity index (χ2n) is 4.27. The molecule has 18 heavy (non-hydrogen) atoms. The average molecular weight is 324 g/mol. The number of rotatable bonds is 4. The maximum absolute atomic E-state index is 11.1. The fourth-order valence-corrected chi connectivity index (χ4v) is 3.38. The van der Waals surface area contributed by atoms with Gasteiger partial charge >= 0.3 is 0 Å². The van der Waals surface area contributed by atoms with Crippen LogP contribution in [0.25, 0.3) is 0 Å². The zero-order valence-electron chi connectivity index (χ0n) is 10.3. The maximum atomic E-state index is 11.1. The number of anilines is 1. The standard InChI is InChI=1S/C14H14BrNOS/c1-10-3-4-14(11(5-10)8-17)16(2)7-13-6-12(15)9-18-13/h3-6,8-9H,7H2,1-2H3. The summed E-state index contributed by atoms with van der Waals surface area (Å²) in [6.45, 7) is 2.80. The van der Waals surface area contributed by atoms with Crippen LogP contribution in [0.15, 0.2) is 34.1 Å². The summed E-state index contributed by atoms with van der Waals surface area (Å²) in [4.78, 5) is 14.5. The smallest absolute Gasteiger partial charge is 0.152 e. The highest BCUT2D eigenvalue weighted by molar-refractivity contribution is 9.10. The summed E-state index contributed by atoms with van der Waals surface area (Å²) >= 11 is 5.16. The van der Waals surface area contributed by atoms with Gasteiger partial charge in [-0.2, -0.15) is 0 Å². The van der Waals surface area contributed by atoms with Gasteiger partial charge in [-0.1, -0.05) is 11.6 Å². The number of carbonyl (C=O) groups is 1. The van der Waals surface area contributed by atoms with Gasteiger partial charge in [0.15, 0.2) is 6.29 Å². The van der Waals surface area contributed by atoms with Crippen molar-refractivity contribution in [1.82, 2.24) is 0 Å². The van der Waals surface area contributed by atoms with Crippen LogP contribution in [0.1, 0.15) is 20.8 Å². The number of hydrogen-bond acceptors (Lipinski definition) is 3. The van der Waals surface area contributed by atoms with Crippen molar-refractivity contribution in [2.24, 2.45) is 0 Å². The van der Waals surface area contributed by atoms with Crippen molar-refractivity contribution in [1.29, 1.82) is 0 Å². The van der Waals surface area contributed by atoms with Crippen molar-refractivity contribution >= 4 is 39.2 Å². The van der Waals surface area contributed by atoms with E-state index in [-0.39, 0.29) is 0 Å². The number of aryl methyl sites for hydroxylation is 1. The van der Waals surface area contributed by atoms with Crippen molar-refractivity contribution in [2.45, 2.75) is 13.5 Å². The maximum Gasteiger partial charge on any atom is 0.152 e. The van der Waals surface area contributed by atoms with Crippen LogP contribution < -0.4 is 4.90 Å². The molecule has 0 N–H and O–H groups in total. The molecule has 4 heteroatoms. The van der Waals surface area contributed by atoms with Gasteiger partial charge in [-0.15, -0.1) is 11.3 Å². The minimum atomic E-state index is 0.744. The molecule has 1 aromatic carbocycles. The van der Waals surface area contributed by atoms with E-state index in [1.807, 2.05) is 32.2 Å². The summed E-state index contributed by atoms with van der Waals surface area (Å²) in [6.07, 6.45) is 0.920. The van der Waals surface area contributed by atoms with Gasteiger partial charge in [0, 0.05) is 33.0 Å². The summed E-state index contributed by atoms with van der Waals surface area (Å²) in [5.41, 5.74) is 2.82. The largest absolute Gasteiger partial charge is 0.369 e. The van der Waals surface area contributed by atoms with E-state index in [9.17, 15) is 4.79 Å². The van der Waals surface area contributed by atoms with Crippen LogP contribution in [0.2, 0.25) is 0 Å². The molecule has 94 valence electrons. The molecule has 1 heterocycles. The minimum Gasteiger partial charge on any atom is -0.369 e. The molecule has 2 aromatic rings. The van der Waals surface area contributed by atoms with Crippen molar-refractivity contribution < 1.29 is 4.79 Å². The van der Waals surface area contributed by atoms with Crippen LogP contribution in [0.5, 0.6) is 0 Å². The SMILES string of the molecule is Cc1ccc(N(C)Cc2cc(Br)cs2)c(C=O)c1. The topological polar surface area (TPSA) is 20.3 Å². The van der Waals surface area contributed by atoms with Gasteiger partial charge < -0.3 is 4.90 Å². The Morgan fingerprint density at radius 2 is 2.17 bits per heavy atom. The van der Waals surface area contributed by atoms with Crippen LogP contribution in [-0.4, -0.2) is 13.3 Å². The fraction of sp³-hybridized carbons (Fsp3) is 0.214. The molecular weight excluding hydrogens is 310 g/mol. The Hall–Kier alpha value is -1.13. The number of hydrogen-bond donors (Lipinski definition) is 0. The first-order chi connectivity index (χ1) is 8.60. The van der Waals surface area contributed by atoms with E-state index in [1.165, 1.54) is 4.88 Å². The van der Waals surface area contributed by atoms with Crippen LogP contribution in [0.4, 0.5) is 5.69 Å². The molecule has 0 aliphatic rings. The van der Waals surface area contributed by atoms with Gasteiger partial charge in [0.05, 0.1) is 6.54 Å². The molecule has 0 aliphatic carbocycles. The Bertz CT molecular complexity index is 565. The fourth-order valence-electron chi connectivity index (χ4n) is 1.87. The van der Waals surface area contributed by atoms with Crippen LogP contribution in [-0.2, 0) is 6.54 Å². The van der Waals surface area contributed by atoms with E-state index in [1.54, 1.807) is 11.3 Å². The lowest BCUT2D eigenvalue weighted by Gasteiger charge is -2.20.